The van der Waals surface area contributed by atoms with Crippen LogP contribution < -0.4 is 5.56 Å². The van der Waals surface area contributed by atoms with Gasteiger partial charge in [0.15, 0.2) is 0 Å². The summed E-state index contributed by atoms with van der Waals surface area (Å²) in [4.78, 5) is 31.1. The Labute approximate surface area is 177 Å². The van der Waals surface area contributed by atoms with Crippen molar-refractivity contribution in [2.45, 2.75) is 69.4 Å². The Kier molecular flexibility index (Phi) is 5.02. The van der Waals surface area contributed by atoms with E-state index in [0.717, 1.165) is 68.2 Å². The molecule has 3 atom stereocenters. The van der Waals surface area contributed by atoms with Gasteiger partial charge in [-0.2, -0.15) is 0 Å². The van der Waals surface area contributed by atoms with E-state index in [1.807, 2.05) is 41.3 Å². The molecule has 5 heteroatoms. The number of hydrogen-bond acceptors (Lipinski definition) is 3. The second-order valence-corrected chi connectivity index (χ2v) is 9.22. The quantitative estimate of drug-likeness (QED) is 0.801. The molecule has 1 saturated carbocycles. The molecule has 0 bridgehead atoms. The highest BCUT2D eigenvalue weighted by Gasteiger charge is 2.50. The van der Waals surface area contributed by atoms with Crippen LogP contribution in [0, 0.1) is 5.92 Å². The third-order valence-corrected chi connectivity index (χ3v) is 7.58. The van der Waals surface area contributed by atoms with Gasteiger partial charge in [0.1, 0.15) is 5.56 Å². The molecule has 2 N–H and O–H groups in total. The maximum atomic E-state index is 13.5. The Morgan fingerprint density at radius 2 is 1.83 bits per heavy atom. The molecule has 1 saturated heterocycles. The van der Waals surface area contributed by atoms with E-state index in [0.29, 0.717) is 13.0 Å². The van der Waals surface area contributed by atoms with Gasteiger partial charge < -0.3 is 15.0 Å². The number of aromatic nitrogens is 1. The van der Waals surface area contributed by atoms with E-state index in [1.54, 1.807) is 0 Å². The first-order valence-corrected chi connectivity index (χ1v) is 11.4. The van der Waals surface area contributed by atoms with Crippen molar-refractivity contribution in [3.63, 3.8) is 0 Å². The average molecular weight is 407 g/mol. The van der Waals surface area contributed by atoms with Crippen LogP contribution in [0.4, 0.5) is 0 Å². The normalized spacial score (nSPS) is 28.5. The van der Waals surface area contributed by atoms with Crippen molar-refractivity contribution >= 4 is 5.91 Å². The molecule has 0 radical (unpaired) electrons. The lowest BCUT2D eigenvalue weighted by atomic mass is 9.66. The van der Waals surface area contributed by atoms with E-state index < -0.39 is 5.60 Å². The molecular formula is C25H30N2O3. The van der Waals surface area contributed by atoms with Gasteiger partial charge in [-0.3, -0.25) is 9.59 Å². The largest absolute Gasteiger partial charge is 0.385 e. The molecule has 1 aromatic heterocycles. The summed E-state index contributed by atoms with van der Waals surface area (Å²) in [6.45, 7) is 0.474. The van der Waals surface area contributed by atoms with Crippen molar-refractivity contribution in [2.75, 3.05) is 6.54 Å². The van der Waals surface area contributed by atoms with Crippen molar-refractivity contribution in [3.05, 3.63) is 69.1 Å². The summed E-state index contributed by atoms with van der Waals surface area (Å²) in [5.41, 5.74) is 2.14. The zero-order valence-electron chi connectivity index (χ0n) is 17.4. The fraction of sp³-hybridized carbons (Fsp3) is 0.520. The molecule has 0 unspecified atom stereocenters. The van der Waals surface area contributed by atoms with Crippen molar-refractivity contribution < 1.29 is 9.90 Å². The van der Waals surface area contributed by atoms with Gasteiger partial charge in [0.05, 0.1) is 5.60 Å². The number of H-pyrrole nitrogens is 1. The number of aryl methyl sites for hydroxylation is 2. The zero-order valence-corrected chi connectivity index (χ0v) is 17.4. The Balaban J connectivity index is 1.48. The third-order valence-electron chi connectivity index (χ3n) is 7.58. The zero-order chi connectivity index (χ0) is 20.7. The summed E-state index contributed by atoms with van der Waals surface area (Å²) in [6, 6.07) is 11.7. The Hall–Kier alpha value is -2.40. The number of benzene rings is 1. The lowest BCUT2D eigenvalue weighted by Crippen LogP contribution is -2.59. The molecule has 2 fully saturated rings. The highest BCUT2D eigenvalue weighted by atomic mass is 16.3. The Bertz CT molecular complexity index is 999. The van der Waals surface area contributed by atoms with Gasteiger partial charge >= 0.3 is 0 Å². The highest BCUT2D eigenvalue weighted by molar-refractivity contribution is 5.94. The fourth-order valence-corrected chi connectivity index (χ4v) is 6.01. The van der Waals surface area contributed by atoms with Crippen LogP contribution in [-0.4, -0.2) is 33.5 Å². The number of carbonyl (C=O) groups is 1. The van der Waals surface area contributed by atoms with E-state index in [4.69, 9.17) is 0 Å². The number of rotatable bonds is 2. The number of piperidine rings is 1. The van der Waals surface area contributed by atoms with E-state index in [-0.39, 0.29) is 29.0 Å². The SMILES string of the molecule is O=C(c1cc2c([nH]c1=O)CCCC2)N1CC[C@@](O)(c2ccccc2)[C@H]2CCCC[C@H]21. The van der Waals surface area contributed by atoms with Crippen LogP contribution in [-0.2, 0) is 18.4 Å². The summed E-state index contributed by atoms with van der Waals surface area (Å²) in [5, 5.41) is 11.7. The van der Waals surface area contributed by atoms with Gasteiger partial charge in [-0.25, -0.2) is 0 Å². The maximum absolute atomic E-state index is 13.5. The standard InChI is InChI=1S/C25H30N2O3/c28-23-19(16-17-8-4-6-12-21(17)26-23)24(29)27-15-14-25(30,18-9-2-1-3-10-18)20-11-5-7-13-22(20)27/h1-3,9-10,16,20,22,30H,4-8,11-15H2,(H,26,28)/t20-,22+,25+/m0/s1. The smallest absolute Gasteiger partial charge is 0.261 e. The molecule has 1 aromatic carbocycles. The lowest BCUT2D eigenvalue weighted by molar-refractivity contribution is -0.110. The second-order valence-electron chi connectivity index (χ2n) is 9.22. The van der Waals surface area contributed by atoms with Gasteiger partial charge in [-0.1, -0.05) is 43.2 Å². The highest BCUT2D eigenvalue weighted by Crippen LogP contribution is 2.47. The Morgan fingerprint density at radius 1 is 1.07 bits per heavy atom. The van der Waals surface area contributed by atoms with Gasteiger partial charge in [-0.15, -0.1) is 0 Å². The Morgan fingerprint density at radius 3 is 2.67 bits per heavy atom. The van der Waals surface area contributed by atoms with Gasteiger partial charge in [0.25, 0.3) is 11.5 Å². The summed E-state index contributed by atoms with van der Waals surface area (Å²) in [5.74, 6) is -0.167. The lowest BCUT2D eigenvalue weighted by Gasteiger charge is -2.52. The minimum absolute atomic E-state index is 0.00283. The minimum Gasteiger partial charge on any atom is -0.385 e. The number of aromatic amines is 1. The number of amides is 1. The number of nitrogens with one attached hydrogen (secondary N) is 1. The van der Waals surface area contributed by atoms with Crippen LogP contribution in [0.2, 0.25) is 0 Å². The van der Waals surface area contributed by atoms with E-state index in [9.17, 15) is 14.7 Å². The number of pyridine rings is 1. The van der Waals surface area contributed by atoms with Crippen molar-refractivity contribution in [3.8, 4) is 0 Å². The molecule has 3 aliphatic rings. The average Bonchev–Trinajstić information content (AvgIpc) is 2.79. The maximum Gasteiger partial charge on any atom is 0.261 e. The molecule has 5 rings (SSSR count). The third kappa shape index (κ3) is 3.20. The summed E-state index contributed by atoms with van der Waals surface area (Å²) >= 11 is 0. The van der Waals surface area contributed by atoms with Gasteiger partial charge in [0.2, 0.25) is 0 Å². The van der Waals surface area contributed by atoms with E-state index in [2.05, 4.69) is 4.98 Å². The molecule has 2 aliphatic carbocycles. The molecule has 0 spiro atoms. The first-order chi connectivity index (χ1) is 14.6. The fourth-order valence-electron chi connectivity index (χ4n) is 6.01. The van der Waals surface area contributed by atoms with Crippen LogP contribution in [0.25, 0.3) is 0 Å². The molecular weight excluding hydrogens is 376 g/mol. The molecule has 2 heterocycles. The minimum atomic E-state index is -0.911. The number of carbonyl (C=O) groups excluding carboxylic acids is 1. The van der Waals surface area contributed by atoms with E-state index in [1.165, 1.54) is 0 Å². The van der Waals surface area contributed by atoms with Crippen LogP contribution in [0.3, 0.4) is 0 Å². The first-order valence-electron chi connectivity index (χ1n) is 11.4. The molecule has 2 aromatic rings. The number of hydrogen-bond donors (Lipinski definition) is 2. The van der Waals surface area contributed by atoms with Crippen molar-refractivity contribution in [1.82, 2.24) is 9.88 Å². The van der Waals surface area contributed by atoms with Crippen LogP contribution in [0.1, 0.15) is 72.1 Å². The number of fused-ring (bicyclic) bond motifs is 2. The molecule has 158 valence electrons. The van der Waals surface area contributed by atoms with Crippen LogP contribution in [0.15, 0.2) is 41.2 Å². The predicted molar refractivity (Wildman–Crippen MR) is 115 cm³/mol. The second kappa shape index (κ2) is 7.69. The molecule has 5 nitrogen and oxygen atoms in total. The first kappa shape index (κ1) is 19.6. The molecule has 1 amide bonds. The molecule has 1 aliphatic heterocycles. The number of aliphatic hydroxyl groups is 1. The molecule has 30 heavy (non-hydrogen) atoms. The van der Waals surface area contributed by atoms with Gasteiger partial charge in [0, 0.05) is 24.2 Å². The monoisotopic (exact) mass is 406 g/mol. The summed E-state index contributed by atoms with van der Waals surface area (Å²) < 4.78 is 0. The predicted octanol–water partition coefficient (Wildman–Crippen LogP) is 3.55. The van der Waals surface area contributed by atoms with Crippen LogP contribution in [0.5, 0.6) is 0 Å². The van der Waals surface area contributed by atoms with E-state index >= 15 is 0 Å². The topological polar surface area (TPSA) is 73.4 Å². The van der Waals surface area contributed by atoms with Crippen molar-refractivity contribution in [2.24, 2.45) is 5.92 Å². The summed E-state index contributed by atoms with van der Waals surface area (Å²) in [6.07, 6.45) is 8.41. The number of likely N-dealkylation sites (tertiary alicyclic amines) is 1. The van der Waals surface area contributed by atoms with Crippen LogP contribution >= 0.6 is 0 Å². The number of nitrogens with zero attached hydrogens (tertiary/aromatic N) is 1. The van der Waals surface area contributed by atoms with Crippen molar-refractivity contribution in [1.29, 1.82) is 0 Å². The summed E-state index contributed by atoms with van der Waals surface area (Å²) in [7, 11) is 0. The van der Waals surface area contributed by atoms with Gasteiger partial charge in [-0.05, 0) is 62.1 Å².